The quantitative estimate of drug-likeness (QED) is 0.0401. The van der Waals surface area contributed by atoms with Gasteiger partial charge in [-0.05, 0) is 146 Å². The molecule has 3 aromatic heterocycles. The average molecular weight is 1190 g/mol. The molecule has 3 fully saturated rings. The Balaban J connectivity index is 0.730. The number of nitrogens with zero attached hydrogens (tertiary/aromatic N) is 9. The number of benzene rings is 6. The first-order valence-electron chi connectivity index (χ1n) is 24.8. The van der Waals surface area contributed by atoms with E-state index >= 15 is 0 Å². The second-order valence-electron chi connectivity index (χ2n) is 18.9. The molecule has 3 aliphatic carbocycles. The molecule has 9 aromatic rings. The molecule has 20 heteroatoms. The lowest BCUT2D eigenvalue weighted by Gasteiger charge is -2.18. The van der Waals surface area contributed by atoms with Crippen LogP contribution < -0.4 is 0 Å². The van der Waals surface area contributed by atoms with Crippen LogP contribution >= 0.6 is 67.1 Å². The van der Waals surface area contributed by atoms with Crippen molar-refractivity contribution in [1.29, 1.82) is 0 Å². The molecule has 1 unspecified atom stereocenters. The number of esters is 3. The predicted molar refractivity (Wildman–Crippen MR) is 297 cm³/mol. The Hall–Kier alpha value is -6.06. The SMILES string of the molecule is Cc1nnc(SCC(=O)OCC(COC(=O)CSc2nnc(Br)n2-c2ccc(C3CC3)c3ccccc23)OC(=O)CSc2nnc(Br)n2-c2ccc(C3CC3)c3ccccc23)n1-c1ccc(C2CC2)c2ccccc12. The highest BCUT2D eigenvalue weighted by Crippen LogP contribution is 2.47. The van der Waals surface area contributed by atoms with Crippen molar-refractivity contribution in [1.82, 2.24) is 44.3 Å². The Morgan fingerprint density at radius 3 is 1.23 bits per heavy atom. The lowest BCUT2D eigenvalue weighted by atomic mass is 9.99. The van der Waals surface area contributed by atoms with E-state index in [1.165, 1.54) is 83.1 Å². The van der Waals surface area contributed by atoms with Crippen LogP contribution in [0.3, 0.4) is 0 Å². The third kappa shape index (κ3) is 10.6. The number of aromatic nitrogens is 9. The third-order valence-corrected chi connectivity index (χ3v) is 17.4. The normalized spacial score (nSPS) is 14.9. The van der Waals surface area contributed by atoms with E-state index in [1.54, 1.807) is 0 Å². The number of thioether (sulfide) groups is 3. The van der Waals surface area contributed by atoms with Gasteiger partial charge in [-0.15, -0.1) is 30.6 Å². The van der Waals surface area contributed by atoms with Crippen molar-refractivity contribution in [3.05, 3.63) is 141 Å². The summed E-state index contributed by atoms with van der Waals surface area (Å²) in [7, 11) is 0. The van der Waals surface area contributed by atoms with E-state index in [9.17, 15) is 14.4 Å². The van der Waals surface area contributed by atoms with Gasteiger partial charge in [0, 0.05) is 16.2 Å². The van der Waals surface area contributed by atoms with Crippen LogP contribution in [0.5, 0.6) is 0 Å². The smallest absolute Gasteiger partial charge is 0.316 e. The minimum absolute atomic E-state index is 0.112. The maximum atomic E-state index is 13.7. The van der Waals surface area contributed by atoms with Gasteiger partial charge in [0.2, 0.25) is 9.47 Å². The Bertz CT molecular complexity index is 3530. The van der Waals surface area contributed by atoms with E-state index in [1.807, 2.05) is 51.0 Å². The van der Waals surface area contributed by atoms with Gasteiger partial charge in [-0.1, -0.05) is 126 Å². The lowest BCUT2D eigenvalue weighted by molar-refractivity contribution is -0.163. The molecular weight excluding hydrogens is 1140 g/mol. The molecule has 380 valence electrons. The molecular formula is C55H47Br2N9O6S3. The lowest BCUT2D eigenvalue weighted by Crippen LogP contribution is -2.32. The first-order chi connectivity index (χ1) is 36.7. The van der Waals surface area contributed by atoms with E-state index in [0.717, 1.165) is 56.7 Å². The summed E-state index contributed by atoms with van der Waals surface area (Å²) in [6.07, 6.45) is 5.94. The molecule has 15 nitrogen and oxygen atoms in total. The van der Waals surface area contributed by atoms with E-state index < -0.39 is 24.0 Å². The third-order valence-electron chi connectivity index (χ3n) is 13.7. The largest absolute Gasteiger partial charge is 0.461 e. The van der Waals surface area contributed by atoms with Crippen molar-refractivity contribution in [2.24, 2.45) is 0 Å². The Labute approximate surface area is 460 Å². The number of hydrogen-bond donors (Lipinski definition) is 0. The van der Waals surface area contributed by atoms with Crippen molar-refractivity contribution in [2.75, 3.05) is 30.5 Å². The summed E-state index contributed by atoms with van der Waals surface area (Å²) in [5.41, 5.74) is 6.66. The fourth-order valence-corrected chi connectivity index (χ4v) is 13.1. The van der Waals surface area contributed by atoms with Crippen LogP contribution in [0.2, 0.25) is 0 Å². The molecule has 3 aliphatic rings. The first kappa shape index (κ1) is 49.8. The number of fused-ring (bicyclic) bond motifs is 3. The fourth-order valence-electron chi connectivity index (χ4n) is 9.73. The predicted octanol–water partition coefficient (Wildman–Crippen LogP) is 12.0. The molecule has 3 saturated carbocycles. The Morgan fingerprint density at radius 2 is 0.827 bits per heavy atom. The molecule has 75 heavy (non-hydrogen) atoms. The van der Waals surface area contributed by atoms with Crippen molar-refractivity contribution < 1.29 is 28.6 Å². The van der Waals surface area contributed by atoms with Gasteiger partial charge < -0.3 is 14.2 Å². The van der Waals surface area contributed by atoms with Crippen LogP contribution in [0.4, 0.5) is 0 Å². The van der Waals surface area contributed by atoms with E-state index in [0.29, 0.717) is 48.5 Å². The highest BCUT2D eigenvalue weighted by Gasteiger charge is 2.30. The number of ether oxygens (including phenoxy) is 3. The molecule has 0 spiro atoms. The number of carbonyl (C=O) groups excluding carboxylic acids is 3. The van der Waals surface area contributed by atoms with Crippen LogP contribution in [0.25, 0.3) is 49.4 Å². The van der Waals surface area contributed by atoms with E-state index in [2.05, 4.69) is 141 Å². The minimum Gasteiger partial charge on any atom is -0.461 e. The summed E-state index contributed by atoms with van der Waals surface area (Å²) >= 11 is 10.7. The van der Waals surface area contributed by atoms with Gasteiger partial charge >= 0.3 is 17.9 Å². The summed E-state index contributed by atoms with van der Waals surface area (Å²) < 4.78 is 24.1. The Kier molecular flexibility index (Phi) is 14.3. The van der Waals surface area contributed by atoms with Crippen molar-refractivity contribution >= 4 is 117 Å². The molecule has 12 rings (SSSR count). The highest BCUT2D eigenvalue weighted by atomic mass is 79.9. The monoisotopic (exact) mass is 1180 g/mol. The van der Waals surface area contributed by atoms with Crippen LogP contribution in [0, 0.1) is 6.92 Å². The second-order valence-corrected chi connectivity index (χ2v) is 23.1. The zero-order valence-electron chi connectivity index (χ0n) is 40.4. The molecule has 3 heterocycles. The number of rotatable bonds is 20. The van der Waals surface area contributed by atoms with Crippen molar-refractivity contribution in [3.8, 4) is 17.1 Å². The van der Waals surface area contributed by atoms with Crippen LogP contribution in [-0.2, 0) is 28.6 Å². The highest BCUT2D eigenvalue weighted by molar-refractivity contribution is 9.10. The summed E-state index contributed by atoms with van der Waals surface area (Å²) in [4.78, 5) is 40.8. The fraction of sp³-hybridized carbons (Fsp3) is 0.291. The number of carbonyl (C=O) groups is 3. The van der Waals surface area contributed by atoms with Gasteiger partial charge in [0.05, 0.1) is 34.3 Å². The zero-order valence-corrected chi connectivity index (χ0v) is 46.1. The minimum atomic E-state index is -1.14. The summed E-state index contributed by atoms with van der Waals surface area (Å²) in [5.74, 6) is 0.134. The molecule has 0 saturated heterocycles. The standard InChI is InChI=1S/C55H47Br2N9O6S3/c1-31-58-61-53(64(31)45-23-20-36(32-14-15-32)39-8-2-5-11-42(39)45)73-28-48(67)70-26-35(72-50(69)30-75-55-63-60-52(57)66(55)47-25-22-38(34-18-19-34)41-10-4-7-13-44(41)47)27-71-49(68)29-74-54-62-59-51(56)65(54)46-24-21-37(33-16-17-33)40-9-3-6-12-43(40)46/h2-13,20-25,32-35H,14-19,26-30H2,1H3. The molecule has 0 radical (unpaired) electrons. The van der Waals surface area contributed by atoms with Gasteiger partial charge in [-0.3, -0.25) is 28.1 Å². The van der Waals surface area contributed by atoms with E-state index in [4.69, 9.17) is 14.2 Å². The average Bonchev–Trinajstić information content (AvgIpc) is 4.37. The van der Waals surface area contributed by atoms with Gasteiger partial charge in [0.25, 0.3) is 0 Å². The van der Waals surface area contributed by atoms with Gasteiger partial charge in [-0.25, -0.2) is 0 Å². The van der Waals surface area contributed by atoms with Gasteiger partial charge in [0.15, 0.2) is 21.6 Å². The molecule has 0 amide bonds. The Morgan fingerprint density at radius 1 is 0.480 bits per heavy atom. The molecule has 0 N–H and O–H groups in total. The second kappa shape index (κ2) is 21.5. The number of aryl methyl sites for hydroxylation is 1. The zero-order chi connectivity index (χ0) is 51.2. The van der Waals surface area contributed by atoms with Crippen molar-refractivity contribution in [2.45, 2.75) is 84.8 Å². The maximum Gasteiger partial charge on any atom is 0.316 e. The van der Waals surface area contributed by atoms with Gasteiger partial charge in [-0.2, -0.15) is 0 Å². The maximum absolute atomic E-state index is 13.7. The van der Waals surface area contributed by atoms with Crippen LogP contribution in [0.1, 0.15) is 78.8 Å². The van der Waals surface area contributed by atoms with E-state index in [-0.39, 0.29) is 30.5 Å². The molecule has 6 aromatic carbocycles. The summed E-state index contributed by atoms with van der Waals surface area (Å²) in [6, 6.07) is 37.6. The summed E-state index contributed by atoms with van der Waals surface area (Å²) in [6.45, 7) is 1.13. The van der Waals surface area contributed by atoms with Crippen molar-refractivity contribution in [3.63, 3.8) is 0 Å². The number of hydrogen-bond acceptors (Lipinski definition) is 15. The van der Waals surface area contributed by atoms with Crippen LogP contribution in [0.15, 0.2) is 134 Å². The van der Waals surface area contributed by atoms with Gasteiger partial charge in [0.1, 0.15) is 19.0 Å². The summed E-state index contributed by atoms with van der Waals surface area (Å²) in [5, 5.41) is 34.3. The molecule has 0 bridgehead atoms. The topological polar surface area (TPSA) is 171 Å². The first-order valence-corrected chi connectivity index (χ1v) is 29.3. The van der Waals surface area contributed by atoms with Crippen LogP contribution in [-0.4, -0.2) is 98.8 Å². The molecule has 1 atom stereocenters. The molecule has 0 aliphatic heterocycles. The number of halogens is 2.